The van der Waals surface area contributed by atoms with Crippen LogP contribution in [0.5, 0.6) is 5.75 Å². The Hall–Kier alpha value is -1.27. The molecule has 2 nitrogen and oxygen atoms in total. The number of benzene rings is 1. The van der Waals surface area contributed by atoms with E-state index in [9.17, 15) is 0 Å². The van der Waals surface area contributed by atoms with E-state index in [1.54, 1.807) is 6.20 Å². The number of nitrogens with zero attached hydrogens (tertiary/aromatic N) is 1. The average molecular weight is 273 g/mol. The molecule has 0 aliphatic heterocycles. The van der Waals surface area contributed by atoms with Crippen LogP contribution in [-0.2, 0) is 6.61 Å². The van der Waals surface area contributed by atoms with Gasteiger partial charge in [-0.2, -0.15) is 0 Å². The number of rotatable bonds is 3. The quantitative estimate of drug-likeness (QED) is 0.795. The predicted octanol–water partition coefficient (Wildman–Crippen LogP) is 1.76. The molecule has 0 fully saturated rings. The summed E-state index contributed by atoms with van der Waals surface area (Å²) in [4.78, 5) is 4.21. The van der Waals surface area contributed by atoms with Gasteiger partial charge in [0.2, 0.25) is 0 Å². The minimum atomic E-state index is 0.513. The van der Waals surface area contributed by atoms with Gasteiger partial charge in [0, 0.05) is 0 Å². The maximum absolute atomic E-state index is 5.71. The van der Waals surface area contributed by atoms with Crippen molar-refractivity contribution in [3.05, 3.63) is 53.9 Å². The molecule has 0 unspecified atom stereocenters. The van der Waals surface area contributed by atoms with Gasteiger partial charge in [0.05, 0.1) is 0 Å². The van der Waals surface area contributed by atoms with Gasteiger partial charge in [0.15, 0.2) is 0 Å². The minimum absolute atomic E-state index is 0.513. The molecule has 80 valence electrons. The van der Waals surface area contributed by atoms with Crippen molar-refractivity contribution >= 4 is 21.2 Å². The summed E-state index contributed by atoms with van der Waals surface area (Å²) in [6, 6.07) is 11.9. The molecule has 0 saturated carbocycles. The number of aryl methyl sites for hydroxylation is 1. The predicted molar refractivity (Wildman–Crippen MR) is 65.1 cm³/mol. The van der Waals surface area contributed by atoms with Gasteiger partial charge in [0.1, 0.15) is 0 Å². The molecule has 16 heavy (non-hydrogen) atoms. The first kappa shape index (κ1) is 11.2. The molecule has 2 radical (unpaired) electrons. The van der Waals surface area contributed by atoms with Crippen LogP contribution >= 0.6 is 0 Å². The summed E-state index contributed by atoms with van der Waals surface area (Å²) in [7, 11) is 0. The van der Waals surface area contributed by atoms with E-state index in [0.717, 1.165) is 17.0 Å². The van der Waals surface area contributed by atoms with E-state index in [2.05, 4.69) is 27.9 Å². The number of ether oxygens (including phenoxy) is 1. The Bertz CT molecular complexity index is 471. The first-order valence-electron chi connectivity index (χ1n) is 5.08. The summed E-state index contributed by atoms with van der Waals surface area (Å²) in [6.07, 6.45) is 1.78. The van der Waals surface area contributed by atoms with Crippen LogP contribution in [0.25, 0.3) is 0 Å². The van der Waals surface area contributed by atoms with E-state index in [0.29, 0.717) is 6.61 Å². The van der Waals surface area contributed by atoms with Crippen LogP contribution in [0.4, 0.5) is 0 Å². The van der Waals surface area contributed by atoms with E-state index in [1.807, 2.05) is 37.3 Å². The molecule has 0 aliphatic rings. The number of hydrogen-bond acceptors (Lipinski definition) is 2. The molecule has 1 heterocycles. The summed E-state index contributed by atoms with van der Waals surface area (Å²) in [5.74, 6) is 0.917. The van der Waals surface area contributed by atoms with Crippen LogP contribution in [0.1, 0.15) is 11.3 Å². The molecule has 3 heteroatoms. The van der Waals surface area contributed by atoms with Crippen LogP contribution in [0.3, 0.4) is 0 Å². The number of pyridine rings is 1. The molecule has 1 aromatic carbocycles. The van der Waals surface area contributed by atoms with Crippen molar-refractivity contribution < 1.29 is 4.74 Å². The summed E-state index contributed by atoms with van der Waals surface area (Å²) in [6.45, 7) is 2.56. The first-order chi connectivity index (χ1) is 7.75. The van der Waals surface area contributed by atoms with Gasteiger partial charge in [-0.3, -0.25) is 0 Å². The zero-order chi connectivity index (χ0) is 11.4. The molecule has 0 amide bonds. The van der Waals surface area contributed by atoms with Gasteiger partial charge < -0.3 is 0 Å². The van der Waals surface area contributed by atoms with E-state index in [4.69, 9.17) is 4.74 Å². The van der Waals surface area contributed by atoms with Crippen molar-refractivity contribution in [1.82, 2.24) is 4.98 Å². The molecular formula is C13H12AsNO. The second-order valence-corrected chi connectivity index (χ2v) is 4.64. The molecule has 2 rings (SSSR count). The second-order valence-electron chi connectivity index (χ2n) is 3.56. The van der Waals surface area contributed by atoms with E-state index >= 15 is 0 Å². The molecule has 2 aromatic rings. The molecule has 0 spiro atoms. The van der Waals surface area contributed by atoms with Crippen LogP contribution < -0.4 is 9.09 Å². The first-order valence-corrected chi connectivity index (χ1v) is 6.02. The Kier molecular flexibility index (Phi) is 3.63. The topological polar surface area (TPSA) is 22.1 Å². The molecule has 0 atom stereocenters. The van der Waals surface area contributed by atoms with Crippen LogP contribution in [0.2, 0.25) is 0 Å². The van der Waals surface area contributed by atoms with Crippen molar-refractivity contribution in [2.75, 3.05) is 0 Å². The Morgan fingerprint density at radius 1 is 1.25 bits per heavy atom. The summed E-state index contributed by atoms with van der Waals surface area (Å²) < 4.78 is 6.90. The molecule has 0 aliphatic carbocycles. The third kappa shape index (κ3) is 2.86. The van der Waals surface area contributed by atoms with Crippen molar-refractivity contribution in [2.24, 2.45) is 0 Å². The fourth-order valence-electron chi connectivity index (χ4n) is 1.43. The molecule has 0 N–H and O–H groups in total. The van der Waals surface area contributed by atoms with Crippen LogP contribution in [0.15, 0.2) is 42.6 Å². The number of aromatic nitrogens is 1. The normalized spacial score (nSPS) is 10.1. The fraction of sp³-hybridized carbons (Fsp3) is 0.154. The Balaban J connectivity index is 2.05. The average Bonchev–Trinajstić information content (AvgIpc) is 2.29. The Labute approximate surface area is 104 Å². The summed E-state index contributed by atoms with van der Waals surface area (Å²) in [5.41, 5.74) is 2.09. The van der Waals surface area contributed by atoms with Crippen LogP contribution in [0, 0.1) is 6.92 Å². The van der Waals surface area contributed by atoms with Crippen molar-refractivity contribution in [1.29, 1.82) is 0 Å². The van der Waals surface area contributed by atoms with Crippen molar-refractivity contribution in [2.45, 2.75) is 13.5 Å². The van der Waals surface area contributed by atoms with E-state index < -0.39 is 0 Å². The number of hydrogen-bond donors (Lipinski definition) is 0. The van der Waals surface area contributed by atoms with Crippen LogP contribution in [-0.4, -0.2) is 21.8 Å². The SMILES string of the molecule is Cc1cc([As])ccc1OCc1ccccn1. The van der Waals surface area contributed by atoms with Gasteiger partial charge >= 0.3 is 104 Å². The summed E-state index contributed by atoms with van der Waals surface area (Å²) >= 11 is 2.53. The van der Waals surface area contributed by atoms with E-state index in [-0.39, 0.29) is 0 Å². The van der Waals surface area contributed by atoms with Gasteiger partial charge in [-0.15, -0.1) is 0 Å². The zero-order valence-electron chi connectivity index (χ0n) is 9.05. The molecule has 1 aromatic heterocycles. The fourth-order valence-corrected chi connectivity index (χ4v) is 1.99. The molecule has 0 saturated heterocycles. The standard InChI is InChI=1S/C13H12AsNO/c1-10-8-11(14)5-6-13(10)16-9-12-4-2-3-7-15-12/h2-8H,9H2,1H3. The van der Waals surface area contributed by atoms with E-state index in [1.165, 1.54) is 4.35 Å². The van der Waals surface area contributed by atoms with Crippen molar-refractivity contribution in [3.8, 4) is 5.75 Å². The summed E-state index contributed by atoms with van der Waals surface area (Å²) in [5, 5.41) is 0. The van der Waals surface area contributed by atoms with Gasteiger partial charge in [-0.1, -0.05) is 0 Å². The van der Waals surface area contributed by atoms with Gasteiger partial charge in [-0.25, -0.2) is 0 Å². The molecule has 0 bridgehead atoms. The zero-order valence-corrected chi connectivity index (χ0v) is 10.9. The monoisotopic (exact) mass is 273 g/mol. The Morgan fingerprint density at radius 2 is 2.12 bits per heavy atom. The van der Waals surface area contributed by atoms with Gasteiger partial charge in [-0.05, 0) is 0 Å². The van der Waals surface area contributed by atoms with Crippen molar-refractivity contribution in [3.63, 3.8) is 0 Å². The third-order valence-electron chi connectivity index (χ3n) is 2.26. The second kappa shape index (κ2) is 5.18. The maximum atomic E-state index is 5.71. The van der Waals surface area contributed by atoms with Gasteiger partial charge in [0.25, 0.3) is 0 Å². The molecular weight excluding hydrogens is 261 g/mol. The Morgan fingerprint density at radius 3 is 2.81 bits per heavy atom. The third-order valence-corrected chi connectivity index (χ3v) is 2.84.